The standard InChI is InChI=1S/C23H20F2N2O4/c24-15-3-1-2-14(12-15)20-19-21(28)17-13-16(25)4-5-18(17)31-22(19)23(29)27(20)7-6-26-8-10-30-11-9-26/h1-5,12-13,20H,6-11H2/t20-/m1/s1. The highest BCUT2D eigenvalue weighted by Crippen LogP contribution is 2.38. The average Bonchev–Trinajstić information content (AvgIpc) is 3.05. The molecular weight excluding hydrogens is 406 g/mol. The molecule has 0 saturated carbocycles. The van der Waals surface area contributed by atoms with Crippen LogP contribution in [0, 0.1) is 11.6 Å². The maximum atomic E-state index is 14.0. The molecule has 1 amide bonds. The van der Waals surface area contributed by atoms with Gasteiger partial charge in [0.25, 0.3) is 5.91 Å². The van der Waals surface area contributed by atoms with Crippen molar-refractivity contribution in [2.45, 2.75) is 6.04 Å². The lowest BCUT2D eigenvalue weighted by Gasteiger charge is -2.31. The normalized spacial score (nSPS) is 19.2. The molecule has 2 aliphatic rings. The maximum Gasteiger partial charge on any atom is 0.290 e. The van der Waals surface area contributed by atoms with E-state index in [1.165, 1.54) is 35.2 Å². The zero-order valence-electron chi connectivity index (χ0n) is 16.6. The van der Waals surface area contributed by atoms with Gasteiger partial charge in [-0.25, -0.2) is 8.78 Å². The number of carbonyl (C=O) groups is 1. The van der Waals surface area contributed by atoms with E-state index in [-0.39, 0.29) is 22.3 Å². The number of fused-ring (bicyclic) bond motifs is 2. The molecule has 8 heteroatoms. The maximum absolute atomic E-state index is 14.0. The van der Waals surface area contributed by atoms with E-state index in [9.17, 15) is 18.4 Å². The lowest BCUT2D eigenvalue weighted by atomic mass is 9.98. The molecule has 0 N–H and O–H groups in total. The molecule has 3 aromatic rings. The summed E-state index contributed by atoms with van der Waals surface area (Å²) >= 11 is 0. The quantitative estimate of drug-likeness (QED) is 0.642. The molecule has 2 aliphatic heterocycles. The Bertz CT molecular complexity index is 1220. The molecule has 1 atom stereocenters. The summed E-state index contributed by atoms with van der Waals surface area (Å²) < 4.78 is 39.0. The summed E-state index contributed by atoms with van der Waals surface area (Å²) in [6, 6.07) is 8.64. The fraction of sp³-hybridized carbons (Fsp3) is 0.304. The molecule has 160 valence electrons. The van der Waals surface area contributed by atoms with Gasteiger partial charge in [-0.3, -0.25) is 14.5 Å². The molecule has 0 spiro atoms. The van der Waals surface area contributed by atoms with Crippen molar-refractivity contribution in [1.29, 1.82) is 0 Å². The van der Waals surface area contributed by atoms with E-state index < -0.39 is 29.0 Å². The lowest BCUT2D eigenvalue weighted by Crippen LogP contribution is -2.42. The van der Waals surface area contributed by atoms with E-state index in [0.717, 1.165) is 19.2 Å². The summed E-state index contributed by atoms with van der Waals surface area (Å²) in [5.41, 5.74) is 0.256. The number of benzene rings is 2. The van der Waals surface area contributed by atoms with Crippen molar-refractivity contribution in [2.75, 3.05) is 39.4 Å². The van der Waals surface area contributed by atoms with E-state index in [4.69, 9.17) is 9.15 Å². The highest BCUT2D eigenvalue weighted by atomic mass is 19.1. The van der Waals surface area contributed by atoms with Gasteiger partial charge < -0.3 is 14.1 Å². The molecular formula is C23H20F2N2O4. The van der Waals surface area contributed by atoms with Crippen LogP contribution in [-0.4, -0.2) is 55.1 Å². The smallest absolute Gasteiger partial charge is 0.290 e. The minimum Gasteiger partial charge on any atom is -0.450 e. The van der Waals surface area contributed by atoms with Crippen LogP contribution >= 0.6 is 0 Å². The first-order chi connectivity index (χ1) is 15.0. The summed E-state index contributed by atoms with van der Waals surface area (Å²) in [5.74, 6) is -1.54. The van der Waals surface area contributed by atoms with E-state index in [1.807, 2.05) is 0 Å². The Morgan fingerprint density at radius 3 is 2.52 bits per heavy atom. The topological polar surface area (TPSA) is 63.0 Å². The molecule has 6 nitrogen and oxygen atoms in total. The third-order valence-electron chi connectivity index (χ3n) is 5.85. The van der Waals surface area contributed by atoms with Crippen molar-refractivity contribution >= 4 is 16.9 Å². The van der Waals surface area contributed by atoms with Gasteiger partial charge in [0.05, 0.1) is 30.2 Å². The number of amides is 1. The molecule has 0 unspecified atom stereocenters. The number of hydrogen-bond acceptors (Lipinski definition) is 5. The van der Waals surface area contributed by atoms with Crippen molar-refractivity contribution < 1.29 is 22.7 Å². The van der Waals surface area contributed by atoms with E-state index >= 15 is 0 Å². The first kappa shape index (κ1) is 19.8. The largest absolute Gasteiger partial charge is 0.450 e. The van der Waals surface area contributed by atoms with Crippen molar-refractivity contribution in [1.82, 2.24) is 9.80 Å². The molecule has 0 bridgehead atoms. The van der Waals surface area contributed by atoms with Crippen LogP contribution in [0.1, 0.15) is 27.7 Å². The van der Waals surface area contributed by atoms with E-state index in [2.05, 4.69) is 4.90 Å². The van der Waals surface area contributed by atoms with Crippen LogP contribution in [0.15, 0.2) is 51.7 Å². The summed E-state index contributed by atoms with van der Waals surface area (Å²) in [5, 5.41) is 0.0583. The van der Waals surface area contributed by atoms with Gasteiger partial charge in [-0.05, 0) is 35.9 Å². The van der Waals surface area contributed by atoms with Gasteiger partial charge in [0, 0.05) is 26.2 Å². The Morgan fingerprint density at radius 1 is 0.968 bits per heavy atom. The van der Waals surface area contributed by atoms with Gasteiger partial charge in [-0.15, -0.1) is 0 Å². The third-order valence-corrected chi connectivity index (χ3v) is 5.85. The van der Waals surface area contributed by atoms with Crippen LogP contribution in [0.5, 0.6) is 0 Å². The molecule has 1 fully saturated rings. The van der Waals surface area contributed by atoms with Crippen LogP contribution in [-0.2, 0) is 4.74 Å². The Hall–Kier alpha value is -3.10. The Balaban J connectivity index is 1.61. The summed E-state index contributed by atoms with van der Waals surface area (Å²) in [4.78, 5) is 30.3. The van der Waals surface area contributed by atoms with Gasteiger partial charge in [-0.2, -0.15) is 0 Å². The predicted molar refractivity (Wildman–Crippen MR) is 109 cm³/mol. The predicted octanol–water partition coefficient (Wildman–Crippen LogP) is 2.95. The van der Waals surface area contributed by atoms with Crippen molar-refractivity contribution in [3.8, 4) is 0 Å². The molecule has 1 aromatic heterocycles. The molecule has 3 heterocycles. The number of carbonyl (C=O) groups excluding carboxylic acids is 1. The molecule has 31 heavy (non-hydrogen) atoms. The van der Waals surface area contributed by atoms with Gasteiger partial charge in [-0.1, -0.05) is 12.1 Å². The first-order valence-electron chi connectivity index (χ1n) is 10.2. The number of rotatable bonds is 4. The van der Waals surface area contributed by atoms with E-state index in [1.54, 1.807) is 6.07 Å². The van der Waals surface area contributed by atoms with Crippen LogP contribution in [0.4, 0.5) is 8.78 Å². The Labute approximate surface area is 176 Å². The Morgan fingerprint density at radius 2 is 1.74 bits per heavy atom. The van der Waals surface area contributed by atoms with Crippen LogP contribution < -0.4 is 5.43 Å². The summed E-state index contributed by atoms with van der Waals surface area (Å²) in [7, 11) is 0. The van der Waals surface area contributed by atoms with Crippen molar-refractivity contribution in [3.05, 3.63) is 81.2 Å². The van der Waals surface area contributed by atoms with Gasteiger partial charge in [0.2, 0.25) is 5.76 Å². The Kier molecular flexibility index (Phi) is 5.03. The fourth-order valence-corrected chi connectivity index (χ4v) is 4.32. The van der Waals surface area contributed by atoms with Gasteiger partial charge in [0.1, 0.15) is 17.2 Å². The van der Waals surface area contributed by atoms with Crippen LogP contribution in [0.2, 0.25) is 0 Å². The molecule has 5 rings (SSSR count). The minimum atomic E-state index is -0.803. The first-order valence-corrected chi connectivity index (χ1v) is 10.2. The van der Waals surface area contributed by atoms with Crippen LogP contribution in [0.3, 0.4) is 0 Å². The zero-order chi connectivity index (χ0) is 21.5. The monoisotopic (exact) mass is 426 g/mol. The number of halogens is 2. The molecule has 1 saturated heterocycles. The summed E-state index contributed by atoms with van der Waals surface area (Å²) in [6.45, 7) is 3.66. The SMILES string of the molecule is O=C1c2oc3ccc(F)cc3c(=O)c2[C@@H](c2cccc(F)c2)N1CCN1CCOCC1. The highest BCUT2D eigenvalue weighted by molar-refractivity contribution is 5.99. The third kappa shape index (κ3) is 3.51. The number of ether oxygens (including phenoxy) is 1. The second-order valence-corrected chi connectivity index (χ2v) is 7.72. The summed E-state index contributed by atoms with van der Waals surface area (Å²) in [6.07, 6.45) is 0. The van der Waals surface area contributed by atoms with Crippen molar-refractivity contribution in [3.63, 3.8) is 0 Å². The lowest BCUT2D eigenvalue weighted by molar-refractivity contribution is 0.0314. The van der Waals surface area contributed by atoms with Gasteiger partial charge in [0.15, 0.2) is 5.43 Å². The van der Waals surface area contributed by atoms with Crippen LogP contribution in [0.25, 0.3) is 11.0 Å². The van der Waals surface area contributed by atoms with E-state index in [0.29, 0.717) is 31.9 Å². The number of hydrogen-bond donors (Lipinski definition) is 0. The average molecular weight is 426 g/mol. The van der Waals surface area contributed by atoms with Gasteiger partial charge >= 0.3 is 0 Å². The minimum absolute atomic E-state index is 0.0583. The zero-order valence-corrected chi connectivity index (χ0v) is 16.6. The number of nitrogens with zero attached hydrogens (tertiary/aromatic N) is 2. The molecule has 2 aromatic carbocycles. The molecule has 0 aliphatic carbocycles. The number of morpholine rings is 1. The highest BCUT2D eigenvalue weighted by Gasteiger charge is 2.42. The van der Waals surface area contributed by atoms with Crippen molar-refractivity contribution in [2.24, 2.45) is 0 Å². The molecule has 0 radical (unpaired) electrons. The fourth-order valence-electron chi connectivity index (χ4n) is 4.32. The second-order valence-electron chi connectivity index (χ2n) is 7.72. The second kappa shape index (κ2) is 7.86.